The Bertz CT molecular complexity index is 476. The Hall–Kier alpha value is -1.89. The molecule has 20 heavy (non-hydrogen) atoms. The van der Waals surface area contributed by atoms with Crippen molar-refractivity contribution in [3.63, 3.8) is 0 Å². The van der Waals surface area contributed by atoms with Gasteiger partial charge in [-0.05, 0) is 33.8 Å². The third-order valence-electron chi connectivity index (χ3n) is 2.48. The van der Waals surface area contributed by atoms with E-state index in [1.54, 1.807) is 13.0 Å². The van der Waals surface area contributed by atoms with E-state index < -0.39 is 17.9 Å². The van der Waals surface area contributed by atoms with Crippen molar-refractivity contribution in [3.05, 3.63) is 17.5 Å². The molecule has 7 heteroatoms. The predicted molar refractivity (Wildman–Crippen MR) is 72.5 cm³/mol. The van der Waals surface area contributed by atoms with Crippen LogP contribution in [0.3, 0.4) is 0 Å². The van der Waals surface area contributed by atoms with E-state index in [-0.39, 0.29) is 24.3 Å². The first kappa shape index (κ1) is 16.2. The van der Waals surface area contributed by atoms with E-state index in [1.165, 1.54) is 0 Å². The smallest absolute Gasteiger partial charge is 0.326 e. The fraction of sp³-hybridized carbons (Fsp3) is 0.615. The van der Waals surface area contributed by atoms with Crippen LogP contribution in [0.4, 0.5) is 0 Å². The molecule has 7 nitrogen and oxygen atoms in total. The summed E-state index contributed by atoms with van der Waals surface area (Å²) in [6.07, 6.45) is 0.196. The maximum Gasteiger partial charge on any atom is 0.326 e. The normalized spacial score (nSPS) is 13.0. The van der Waals surface area contributed by atoms with Crippen LogP contribution in [-0.2, 0) is 9.53 Å². The minimum atomic E-state index is -1.09. The maximum absolute atomic E-state index is 11.8. The van der Waals surface area contributed by atoms with Gasteiger partial charge < -0.3 is 15.2 Å². The molecule has 112 valence electrons. The molecule has 1 unspecified atom stereocenters. The summed E-state index contributed by atoms with van der Waals surface area (Å²) in [5.41, 5.74) is 0.565. The van der Waals surface area contributed by atoms with Crippen molar-refractivity contribution in [1.82, 2.24) is 15.5 Å². The number of hydrogen-bond donors (Lipinski definition) is 3. The van der Waals surface area contributed by atoms with E-state index >= 15 is 0 Å². The number of nitrogens with one attached hydrogen (secondary N) is 2. The van der Waals surface area contributed by atoms with Crippen molar-refractivity contribution >= 4 is 11.9 Å². The monoisotopic (exact) mass is 283 g/mol. The van der Waals surface area contributed by atoms with Crippen LogP contribution in [0.15, 0.2) is 6.07 Å². The molecule has 0 saturated heterocycles. The number of aromatic amines is 1. The zero-order chi connectivity index (χ0) is 15.3. The molecular weight excluding hydrogens is 262 g/mol. The highest BCUT2D eigenvalue weighted by Gasteiger charge is 2.22. The van der Waals surface area contributed by atoms with Gasteiger partial charge in [-0.1, -0.05) is 0 Å². The van der Waals surface area contributed by atoms with Gasteiger partial charge in [-0.2, -0.15) is 5.10 Å². The van der Waals surface area contributed by atoms with Crippen molar-refractivity contribution in [3.8, 4) is 0 Å². The third kappa shape index (κ3) is 5.40. The number of H-pyrrole nitrogens is 1. The van der Waals surface area contributed by atoms with Gasteiger partial charge in [0, 0.05) is 18.7 Å². The molecule has 1 amide bonds. The second-order valence-corrected chi connectivity index (χ2v) is 5.55. The van der Waals surface area contributed by atoms with Gasteiger partial charge in [0.1, 0.15) is 11.7 Å². The minimum absolute atomic E-state index is 0.172. The summed E-state index contributed by atoms with van der Waals surface area (Å²) in [6, 6.07) is 0.557. The van der Waals surface area contributed by atoms with Crippen molar-refractivity contribution in [1.29, 1.82) is 0 Å². The molecule has 1 atom stereocenters. The van der Waals surface area contributed by atoms with Gasteiger partial charge in [0.2, 0.25) is 0 Å². The number of aromatic nitrogens is 2. The zero-order valence-electron chi connectivity index (χ0n) is 12.2. The Morgan fingerprint density at radius 2 is 2.15 bits per heavy atom. The van der Waals surface area contributed by atoms with Gasteiger partial charge in [0.05, 0.1) is 5.60 Å². The summed E-state index contributed by atoms with van der Waals surface area (Å²) in [5, 5.41) is 18.0. The van der Waals surface area contributed by atoms with Crippen LogP contribution in [-0.4, -0.2) is 45.4 Å². The average Bonchev–Trinajstić information content (AvgIpc) is 2.72. The molecule has 0 aromatic carbocycles. The molecule has 3 N–H and O–H groups in total. The first-order chi connectivity index (χ1) is 9.19. The summed E-state index contributed by atoms with van der Waals surface area (Å²) in [7, 11) is 0. The number of carboxylic acid groups (broad SMARTS) is 1. The van der Waals surface area contributed by atoms with Gasteiger partial charge in [-0.3, -0.25) is 9.89 Å². The van der Waals surface area contributed by atoms with Gasteiger partial charge >= 0.3 is 5.97 Å². The highest BCUT2D eigenvalue weighted by atomic mass is 16.5. The Morgan fingerprint density at radius 3 is 2.60 bits per heavy atom. The van der Waals surface area contributed by atoms with Crippen LogP contribution < -0.4 is 5.32 Å². The predicted octanol–water partition coefficient (Wildman–Crippen LogP) is 1.11. The van der Waals surface area contributed by atoms with Crippen molar-refractivity contribution in [2.75, 3.05) is 6.61 Å². The molecular formula is C13H21N3O4. The SMILES string of the molecule is Cc1cc(C(=O)NC(CCOC(C)(C)C)C(=O)O)n[nH]1. The number of nitrogens with zero attached hydrogens (tertiary/aromatic N) is 1. The lowest BCUT2D eigenvalue weighted by molar-refractivity contribution is -0.140. The van der Waals surface area contributed by atoms with E-state index in [1.807, 2.05) is 20.8 Å². The van der Waals surface area contributed by atoms with Crippen molar-refractivity contribution in [2.24, 2.45) is 0 Å². The molecule has 0 bridgehead atoms. The summed E-state index contributed by atoms with van der Waals surface area (Å²) in [6.45, 7) is 7.66. The van der Waals surface area contributed by atoms with Gasteiger partial charge in [0.25, 0.3) is 5.91 Å². The van der Waals surface area contributed by atoms with E-state index in [4.69, 9.17) is 9.84 Å². The Labute approximate surface area is 117 Å². The lowest BCUT2D eigenvalue weighted by atomic mass is 10.1. The second kappa shape index (κ2) is 6.51. The lowest BCUT2D eigenvalue weighted by Crippen LogP contribution is -2.42. The number of carboxylic acids is 1. The molecule has 1 aromatic heterocycles. The van der Waals surface area contributed by atoms with E-state index in [0.717, 1.165) is 5.69 Å². The second-order valence-electron chi connectivity index (χ2n) is 5.55. The number of aryl methyl sites for hydroxylation is 1. The molecule has 0 spiro atoms. The Balaban J connectivity index is 2.55. The third-order valence-corrected chi connectivity index (χ3v) is 2.48. The van der Waals surface area contributed by atoms with E-state index in [0.29, 0.717) is 0 Å². The summed E-state index contributed by atoms with van der Waals surface area (Å²) in [5.74, 6) is -1.61. The number of carbonyl (C=O) groups excluding carboxylic acids is 1. The molecule has 0 radical (unpaired) electrons. The van der Waals surface area contributed by atoms with Gasteiger partial charge in [-0.15, -0.1) is 0 Å². The van der Waals surface area contributed by atoms with Crippen LogP contribution >= 0.6 is 0 Å². The lowest BCUT2D eigenvalue weighted by Gasteiger charge is -2.21. The topological polar surface area (TPSA) is 104 Å². The molecule has 1 rings (SSSR count). The fourth-order valence-corrected chi connectivity index (χ4v) is 1.51. The van der Waals surface area contributed by atoms with Crippen LogP contribution in [0.2, 0.25) is 0 Å². The fourth-order valence-electron chi connectivity index (χ4n) is 1.51. The number of ether oxygens (including phenoxy) is 1. The summed E-state index contributed by atoms with van der Waals surface area (Å²) in [4.78, 5) is 23.0. The van der Waals surface area contributed by atoms with Gasteiger partial charge in [0.15, 0.2) is 0 Å². The highest BCUT2D eigenvalue weighted by molar-refractivity contribution is 5.94. The number of hydrogen-bond acceptors (Lipinski definition) is 4. The first-order valence-electron chi connectivity index (χ1n) is 6.38. The van der Waals surface area contributed by atoms with E-state index in [9.17, 15) is 9.59 Å². The number of carbonyl (C=O) groups is 2. The Kier molecular flexibility index (Phi) is 5.26. The molecule has 0 aliphatic heterocycles. The number of amides is 1. The summed E-state index contributed by atoms with van der Waals surface area (Å²) >= 11 is 0. The standard InChI is InChI=1S/C13H21N3O4/c1-8-7-10(16-15-8)11(17)14-9(12(18)19)5-6-20-13(2,3)4/h7,9H,5-6H2,1-4H3,(H,14,17)(H,15,16)(H,18,19). The molecule has 0 aliphatic carbocycles. The largest absolute Gasteiger partial charge is 0.480 e. The first-order valence-corrected chi connectivity index (χ1v) is 6.38. The van der Waals surface area contributed by atoms with Gasteiger partial charge in [-0.25, -0.2) is 4.79 Å². The van der Waals surface area contributed by atoms with E-state index in [2.05, 4.69) is 15.5 Å². The maximum atomic E-state index is 11.8. The quantitative estimate of drug-likeness (QED) is 0.725. The zero-order valence-corrected chi connectivity index (χ0v) is 12.2. The molecule has 0 fully saturated rings. The van der Waals surface area contributed by atoms with Crippen LogP contribution in [0, 0.1) is 6.92 Å². The van der Waals surface area contributed by atoms with Crippen LogP contribution in [0.5, 0.6) is 0 Å². The molecule has 0 saturated carbocycles. The summed E-state index contributed by atoms with van der Waals surface area (Å²) < 4.78 is 5.46. The number of rotatable bonds is 6. The van der Waals surface area contributed by atoms with Crippen LogP contribution in [0.1, 0.15) is 43.4 Å². The Morgan fingerprint density at radius 1 is 1.50 bits per heavy atom. The molecule has 0 aliphatic rings. The molecule has 1 aromatic rings. The van der Waals surface area contributed by atoms with Crippen molar-refractivity contribution < 1.29 is 19.4 Å². The average molecular weight is 283 g/mol. The van der Waals surface area contributed by atoms with Crippen molar-refractivity contribution in [2.45, 2.75) is 45.8 Å². The minimum Gasteiger partial charge on any atom is -0.480 e. The van der Waals surface area contributed by atoms with Crippen LogP contribution in [0.25, 0.3) is 0 Å². The number of aliphatic carboxylic acids is 1. The highest BCUT2D eigenvalue weighted by Crippen LogP contribution is 2.08. The molecule has 1 heterocycles.